The molecule has 0 saturated heterocycles. The Bertz CT molecular complexity index is 527. The monoisotopic (exact) mass is 291 g/mol. The van der Waals surface area contributed by atoms with Crippen LogP contribution in [0.4, 0.5) is 5.69 Å². The van der Waals surface area contributed by atoms with Gasteiger partial charge in [0.15, 0.2) is 0 Å². The molecule has 1 aromatic carbocycles. The second-order valence-corrected chi connectivity index (χ2v) is 5.71. The molecule has 2 rings (SSSR count). The second-order valence-electron chi connectivity index (χ2n) is 5.71. The molecule has 1 aliphatic rings. The summed E-state index contributed by atoms with van der Waals surface area (Å²) in [7, 11) is 0. The van der Waals surface area contributed by atoms with Crippen LogP contribution in [0.5, 0.6) is 5.75 Å². The van der Waals surface area contributed by atoms with Crippen LogP contribution in [0.25, 0.3) is 0 Å². The van der Waals surface area contributed by atoms with Crippen LogP contribution in [-0.4, -0.2) is 30.3 Å². The quantitative estimate of drug-likeness (QED) is 0.845. The van der Waals surface area contributed by atoms with Crippen molar-refractivity contribution in [1.29, 1.82) is 0 Å². The minimum absolute atomic E-state index is 0.0619. The minimum Gasteiger partial charge on any atom is -0.508 e. The molecule has 1 aliphatic heterocycles. The number of nitrogens with zero attached hydrogens (tertiary/aromatic N) is 1. The molecule has 0 bridgehead atoms. The van der Waals surface area contributed by atoms with Gasteiger partial charge in [-0.3, -0.25) is 4.79 Å². The first-order valence-electron chi connectivity index (χ1n) is 7.78. The zero-order valence-electron chi connectivity index (χ0n) is 13.3. The van der Waals surface area contributed by atoms with Crippen LogP contribution in [0.1, 0.15) is 50.7 Å². The summed E-state index contributed by atoms with van der Waals surface area (Å²) in [5.41, 5.74) is 2.79. The Kier molecular flexibility index (Phi) is 4.76. The van der Waals surface area contributed by atoms with Crippen LogP contribution >= 0.6 is 0 Å². The highest BCUT2D eigenvalue weighted by Gasteiger charge is 2.41. The summed E-state index contributed by atoms with van der Waals surface area (Å²) in [6.07, 6.45) is 2.19. The smallest absolute Gasteiger partial charge is 0.315 e. The molecule has 4 heteroatoms. The van der Waals surface area contributed by atoms with E-state index in [1.54, 1.807) is 6.07 Å². The van der Waals surface area contributed by atoms with Crippen molar-refractivity contribution in [2.45, 2.75) is 52.5 Å². The first-order valence-corrected chi connectivity index (χ1v) is 7.78. The summed E-state index contributed by atoms with van der Waals surface area (Å²) < 4.78 is 5.23. The minimum atomic E-state index is -0.316. The van der Waals surface area contributed by atoms with Gasteiger partial charge in [0.05, 0.1) is 6.61 Å². The number of carbonyl (C=O) groups is 1. The largest absolute Gasteiger partial charge is 0.508 e. The van der Waals surface area contributed by atoms with Crippen LogP contribution in [0.15, 0.2) is 12.1 Å². The van der Waals surface area contributed by atoms with Crippen LogP contribution in [0.2, 0.25) is 0 Å². The topological polar surface area (TPSA) is 49.8 Å². The van der Waals surface area contributed by atoms with Gasteiger partial charge >= 0.3 is 5.97 Å². The molecule has 2 atom stereocenters. The molecule has 0 unspecified atom stereocenters. The molecule has 0 amide bonds. The Hall–Kier alpha value is -1.71. The van der Waals surface area contributed by atoms with Gasteiger partial charge in [0.25, 0.3) is 0 Å². The number of esters is 1. The summed E-state index contributed by atoms with van der Waals surface area (Å²) in [5.74, 6) is -0.274. The molecule has 0 aromatic heterocycles. The fraction of sp³-hybridized carbons (Fsp3) is 0.588. The summed E-state index contributed by atoms with van der Waals surface area (Å²) in [4.78, 5) is 14.6. The van der Waals surface area contributed by atoms with E-state index in [0.29, 0.717) is 6.61 Å². The number of ether oxygens (including phenoxy) is 1. The summed E-state index contributed by atoms with van der Waals surface area (Å²) in [5, 5.41) is 9.99. The number of phenolic OH excluding ortho intramolecular Hbond substituents is 1. The number of hydrogen-bond donors (Lipinski definition) is 1. The molecule has 1 N–H and O–H groups in total. The molecular formula is C17H25NO3. The lowest BCUT2D eigenvalue weighted by atomic mass is 9.95. The predicted molar refractivity (Wildman–Crippen MR) is 83.9 cm³/mol. The van der Waals surface area contributed by atoms with E-state index in [9.17, 15) is 9.90 Å². The molecule has 4 nitrogen and oxygen atoms in total. The lowest BCUT2D eigenvalue weighted by Gasteiger charge is -2.26. The Morgan fingerprint density at radius 1 is 1.38 bits per heavy atom. The van der Waals surface area contributed by atoms with Crippen LogP contribution in [0, 0.1) is 6.92 Å². The lowest BCUT2D eigenvalue weighted by Crippen LogP contribution is -2.35. The van der Waals surface area contributed by atoms with Crippen molar-refractivity contribution in [3.8, 4) is 5.75 Å². The second kappa shape index (κ2) is 6.37. The van der Waals surface area contributed by atoms with Crippen molar-refractivity contribution in [3.05, 3.63) is 23.3 Å². The fourth-order valence-electron chi connectivity index (χ4n) is 3.06. The van der Waals surface area contributed by atoms with Gasteiger partial charge in [-0.05, 0) is 50.5 Å². The van der Waals surface area contributed by atoms with Crippen LogP contribution in [-0.2, 0) is 9.53 Å². The van der Waals surface area contributed by atoms with E-state index in [2.05, 4.69) is 18.7 Å². The number of aromatic hydroxyl groups is 1. The number of rotatable bonds is 5. The van der Waals surface area contributed by atoms with Crippen molar-refractivity contribution in [1.82, 2.24) is 0 Å². The number of unbranched alkanes of at least 4 members (excludes halogenated alkanes) is 1. The predicted octanol–water partition coefficient (Wildman–Crippen LogP) is 3.36. The average molecular weight is 291 g/mol. The standard InChI is InChI=1S/C17H25NO3/c1-5-7-8-18-12(4)16(17(20)21-6-2)13-10-15(19)11(3)9-14(13)18/h9-10,12,16,19H,5-8H2,1-4H3/t12-,16+/m1/s1. The van der Waals surface area contributed by atoms with Gasteiger partial charge in [-0.15, -0.1) is 0 Å². The molecule has 1 heterocycles. The number of carbonyl (C=O) groups excluding carboxylic acids is 1. The number of anilines is 1. The van der Waals surface area contributed by atoms with Crippen LogP contribution < -0.4 is 4.90 Å². The number of hydrogen-bond acceptors (Lipinski definition) is 4. The Morgan fingerprint density at radius 3 is 2.71 bits per heavy atom. The maximum atomic E-state index is 12.3. The van der Waals surface area contributed by atoms with Gasteiger partial charge in [-0.2, -0.15) is 0 Å². The average Bonchev–Trinajstić information content (AvgIpc) is 2.69. The van der Waals surface area contributed by atoms with Gasteiger partial charge in [-0.1, -0.05) is 13.3 Å². The zero-order valence-corrected chi connectivity index (χ0v) is 13.3. The molecule has 0 aliphatic carbocycles. The zero-order chi connectivity index (χ0) is 15.6. The van der Waals surface area contributed by atoms with E-state index in [0.717, 1.165) is 36.2 Å². The highest BCUT2D eigenvalue weighted by atomic mass is 16.5. The van der Waals surface area contributed by atoms with E-state index in [4.69, 9.17) is 4.74 Å². The van der Waals surface area contributed by atoms with Gasteiger partial charge in [0.1, 0.15) is 11.7 Å². The first kappa shape index (κ1) is 15.7. The van der Waals surface area contributed by atoms with Crippen LogP contribution in [0.3, 0.4) is 0 Å². The van der Waals surface area contributed by atoms with Gasteiger partial charge in [0.2, 0.25) is 0 Å². The molecule has 21 heavy (non-hydrogen) atoms. The highest BCUT2D eigenvalue weighted by Crippen LogP contribution is 2.44. The van der Waals surface area contributed by atoms with Crippen molar-refractivity contribution in [2.24, 2.45) is 0 Å². The van der Waals surface area contributed by atoms with Gasteiger partial charge in [0, 0.05) is 18.3 Å². The van der Waals surface area contributed by atoms with Gasteiger partial charge < -0.3 is 14.7 Å². The first-order chi connectivity index (χ1) is 10.0. The number of aryl methyl sites for hydroxylation is 1. The number of fused-ring (bicyclic) bond motifs is 1. The summed E-state index contributed by atoms with van der Waals surface area (Å²) >= 11 is 0. The van der Waals surface area contributed by atoms with Crippen molar-refractivity contribution in [3.63, 3.8) is 0 Å². The molecule has 0 spiro atoms. The highest BCUT2D eigenvalue weighted by molar-refractivity contribution is 5.86. The van der Waals surface area contributed by atoms with Crippen molar-refractivity contribution >= 4 is 11.7 Å². The molecule has 1 aromatic rings. The third-order valence-electron chi connectivity index (χ3n) is 4.26. The Morgan fingerprint density at radius 2 is 2.10 bits per heavy atom. The molecule has 0 radical (unpaired) electrons. The van der Waals surface area contributed by atoms with E-state index in [1.165, 1.54) is 0 Å². The third-order valence-corrected chi connectivity index (χ3v) is 4.26. The maximum absolute atomic E-state index is 12.3. The van der Waals surface area contributed by atoms with E-state index in [1.807, 2.05) is 19.9 Å². The Labute approximate surface area is 126 Å². The molecular weight excluding hydrogens is 266 g/mol. The van der Waals surface area contributed by atoms with E-state index in [-0.39, 0.29) is 23.7 Å². The van der Waals surface area contributed by atoms with E-state index < -0.39 is 0 Å². The molecule has 116 valence electrons. The summed E-state index contributed by atoms with van der Waals surface area (Å²) in [6.45, 7) is 9.22. The number of phenols is 1. The normalized spacial score (nSPS) is 20.5. The van der Waals surface area contributed by atoms with Gasteiger partial charge in [-0.25, -0.2) is 0 Å². The SMILES string of the molecule is CCCCN1c2cc(C)c(O)cc2[C@@H](C(=O)OCC)[C@H]1C. The fourth-order valence-corrected chi connectivity index (χ4v) is 3.06. The molecule has 0 fully saturated rings. The lowest BCUT2D eigenvalue weighted by molar-refractivity contribution is -0.145. The maximum Gasteiger partial charge on any atom is 0.315 e. The van der Waals surface area contributed by atoms with E-state index >= 15 is 0 Å². The van der Waals surface area contributed by atoms with Crippen molar-refractivity contribution < 1.29 is 14.6 Å². The number of benzene rings is 1. The van der Waals surface area contributed by atoms with Crippen molar-refractivity contribution in [2.75, 3.05) is 18.1 Å². The molecule has 0 saturated carbocycles. The third kappa shape index (κ3) is 2.85. The Balaban J connectivity index is 2.42. The summed E-state index contributed by atoms with van der Waals surface area (Å²) in [6, 6.07) is 3.77.